The van der Waals surface area contributed by atoms with Gasteiger partial charge in [-0.1, -0.05) is 60.7 Å². The highest BCUT2D eigenvalue weighted by Crippen LogP contribution is 2.18. The number of hydrogen-bond donors (Lipinski definition) is 0. The molecular weight excluding hydrogens is 276 g/mol. The summed E-state index contributed by atoms with van der Waals surface area (Å²) in [6, 6.07) is 22.0. The average Bonchev–Trinajstić information content (AvgIpc) is 3.03. The quantitative estimate of drug-likeness (QED) is 0.639. The van der Waals surface area contributed by atoms with Crippen molar-refractivity contribution in [3.63, 3.8) is 0 Å². The molecule has 3 aromatic rings. The van der Waals surface area contributed by atoms with Crippen molar-refractivity contribution < 1.29 is 13.9 Å². The summed E-state index contributed by atoms with van der Waals surface area (Å²) in [4.78, 5) is 0. The van der Waals surface area contributed by atoms with Crippen LogP contribution >= 0.6 is 0 Å². The van der Waals surface area contributed by atoms with Crippen LogP contribution in [0.25, 0.3) is 0 Å². The summed E-state index contributed by atoms with van der Waals surface area (Å²) >= 11 is 0. The summed E-state index contributed by atoms with van der Waals surface area (Å²) < 4.78 is 16.7. The van der Waals surface area contributed by atoms with Gasteiger partial charge in [0, 0.05) is 11.6 Å². The molecule has 3 nitrogen and oxygen atoms in total. The Labute approximate surface area is 130 Å². The van der Waals surface area contributed by atoms with Crippen LogP contribution in [0.1, 0.15) is 16.7 Å². The second-order valence-corrected chi connectivity index (χ2v) is 5.03. The molecule has 2 aromatic carbocycles. The van der Waals surface area contributed by atoms with Gasteiger partial charge in [0.1, 0.15) is 12.9 Å². The summed E-state index contributed by atoms with van der Waals surface area (Å²) in [7, 11) is 0. The summed E-state index contributed by atoms with van der Waals surface area (Å²) in [5.41, 5.74) is 3.24. The first kappa shape index (κ1) is 14.4. The van der Waals surface area contributed by atoms with Crippen molar-refractivity contribution in [1.29, 1.82) is 0 Å². The van der Waals surface area contributed by atoms with E-state index in [9.17, 15) is 0 Å². The van der Waals surface area contributed by atoms with Gasteiger partial charge in [0.25, 0.3) is 5.95 Å². The van der Waals surface area contributed by atoms with E-state index in [0.29, 0.717) is 25.8 Å². The van der Waals surface area contributed by atoms with Gasteiger partial charge in [-0.05, 0) is 11.1 Å². The maximum absolute atomic E-state index is 5.67. The average molecular weight is 294 g/mol. The molecule has 112 valence electrons. The number of hydrogen-bond acceptors (Lipinski definition) is 3. The van der Waals surface area contributed by atoms with E-state index in [-0.39, 0.29) is 0 Å². The molecule has 3 heteroatoms. The van der Waals surface area contributed by atoms with Crippen LogP contribution in [0.5, 0.6) is 5.95 Å². The fraction of sp³-hybridized carbons (Fsp3) is 0.158. The first-order valence-corrected chi connectivity index (χ1v) is 7.26. The van der Waals surface area contributed by atoms with Crippen molar-refractivity contribution in [3.8, 4) is 5.95 Å². The van der Waals surface area contributed by atoms with Crippen molar-refractivity contribution in [3.05, 3.63) is 89.7 Å². The minimum Gasteiger partial charge on any atom is -0.460 e. The fourth-order valence-corrected chi connectivity index (χ4v) is 2.09. The molecule has 22 heavy (non-hydrogen) atoms. The van der Waals surface area contributed by atoms with E-state index >= 15 is 0 Å². The topological polar surface area (TPSA) is 31.6 Å². The third-order valence-corrected chi connectivity index (χ3v) is 3.23. The molecule has 0 amide bonds. The van der Waals surface area contributed by atoms with Gasteiger partial charge in [-0.2, -0.15) is 0 Å². The third-order valence-electron chi connectivity index (χ3n) is 3.23. The molecule has 0 radical (unpaired) electrons. The molecule has 0 fully saturated rings. The molecular formula is C19H18O3. The minimum atomic E-state index is 0.499. The van der Waals surface area contributed by atoms with Crippen molar-refractivity contribution >= 4 is 0 Å². The molecule has 0 N–H and O–H groups in total. The van der Waals surface area contributed by atoms with Crippen LogP contribution < -0.4 is 4.74 Å². The molecule has 1 heterocycles. The van der Waals surface area contributed by atoms with E-state index in [0.717, 1.165) is 16.7 Å². The predicted octanol–water partition coefficient (Wildman–Crippen LogP) is 4.58. The molecule has 0 atom stereocenters. The SMILES string of the molecule is c1ccc(COCc2coc(OCc3ccccc3)c2)cc1. The lowest BCUT2D eigenvalue weighted by Gasteiger charge is -2.02. The Morgan fingerprint density at radius 1 is 0.682 bits per heavy atom. The van der Waals surface area contributed by atoms with E-state index in [1.165, 1.54) is 0 Å². The van der Waals surface area contributed by atoms with Gasteiger partial charge in [-0.3, -0.25) is 0 Å². The van der Waals surface area contributed by atoms with Crippen molar-refractivity contribution in [2.75, 3.05) is 0 Å². The standard InChI is InChI=1S/C19H18O3/c1-3-7-16(8-4-1)12-20-13-18-11-19(22-15-18)21-14-17-9-5-2-6-10-17/h1-11,15H,12-14H2. The van der Waals surface area contributed by atoms with E-state index in [1.807, 2.05) is 66.7 Å². The third kappa shape index (κ3) is 4.24. The van der Waals surface area contributed by atoms with Crippen LogP contribution in [0.4, 0.5) is 0 Å². The van der Waals surface area contributed by atoms with Gasteiger partial charge in [0.2, 0.25) is 0 Å². The van der Waals surface area contributed by atoms with Crippen LogP contribution in [0.2, 0.25) is 0 Å². The summed E-state index contributed by atoms with van der Waals surface area (Å²) in [6.45, 7) is 1.60. The lowest BCUT2D eigenvalue weighted by molar-refractivity contribution is 0.107. The van der Waals surface area contributed by atoms with Crippen molar-refractivity contribution in [2.45, 2.75) is 19.8 Å². The van der Waals surface area contributed by atoms with Crippen LogP contribution in [0, 0.1) is 0 Å². The summed E-state index contributed by atoms with van der Waals surface area (Å²) in [5.74, 6) is 0.516. The second-order valence-electron chi connectivity index (χ2n) is 5.03. The van der Waals surface area contributed by atoms with Gasteiger partial charge >= 0.3 is 0 Å². The smallest absolute Gasteiger partial charge is 0.284 e. The Morgan fingerprint density at radius 2 is 1.27 bits per heavy atom. The Hall–Kier alpha value is -2.52. The van der Waals surface area contributed by atoms with Crippen molar-refractivity contribution in [2.24, 2.45) is 0 Å². The van der Waals surface area contributed by atoms with Crippen LogP contribution in [-0.4, -0.2) is 0 Å². The largest absolute Gasteiger partial charge is 0.460 e. The highest BCUT2D eigenvalue weighted by atomic mass is 16.6. The van der Waals surface area contributed by atoms with Gasteiger partial charge in [0.05, 0.1) is 13.2 Å². The van der Waals surface area contributed by atoms with E-state index < -0.39 is 0 Å². The molecule has 0 aliphatic heterocycles. The maximum atomic E-state index is 5.67. The van der Waals surface area contributed by atoms with Gasteiger partial charge in [0.15, 0.2) is 0 Å². The first-order valence-electron chi connectivity index (χ1n) is 7.26. The molecule has 3 rings (SSSR count). The molecule has 0 bridgehead atoms. The van der Waals surface area contributed by atoms with Gasteiger partial charge in [-0.25, -0.2) is 0 Å². The van der Waals surface area contributed by atoms with Gasteiger partial charge in [-0.15, -0.1) is 0 Å². The number of furan rings is 1. The number of rotatable bonds is 7. The van der Waals surface area contributed by atoms with Crippen LogP contribution in [0.15, 0.2) is 77.4 Å². The number of benzene rings is 2. The molecule has 0 saturated carbocycles. The Bertz CT molecular complexity index is 674. The fourth-order valence-electron chi connectivity index (χ4n) is 2.09. The Morgan fingerprint density at radius 3 is 1.95 bits per heavy atom. The molecule has 0 spiro atoms. The lowest BCUT2D eigenvalue weighted by atomic mass is 10.2. The molecule has 1 aromatic heterocycles. The maximum Gasteiger partial charge on any atom is 0.284 e. The van der Waals surface area contributed by atoms with E-state index in [1.54, 1.807) is 6.26 Å². The Kier molecular flexibility index (Phi) is 4.90. The predicted molar refractivity (Wildman–Crippen MR) is 84.4 cm³/mol. The van der Waals surface area contributed by atoms with Crippen LogP contribution in [0.3, 0.4) is 0 Å². The monoisotopic (exact) mass is 294 g/mol. The van der Waals surface area contributed by atoms with Crippen LogP contribution in [-0.2, 0) is 24.6 Å². The van der Waals surface area contributed by atoms with Gasteiger partial charge < -0.3 is 13.9 Å². The highest BCUT2D eigenvalue weighted by molar-refractivity contribution is 5.18. The summed E-state index contributed by atoms with van der Waals surface area (Å²) in [5, 5.41) is 0. The summed E-state index contributed by atoms with van der Waals surface area (Å²) in [6.07, 6.45) is 1.67. The zero-order valence-corrected chi connectivity index (χ0v) is 12.3. The zero-order chi connectivity index (χ0) is 15.0. The first-order chi connectivity index (χ1) is 10.9. The van der Waals surface area contributed by atoms with E-state index in [2.05, 4.69) is 0 Å². The zero-order valence-electron chi connectivity index (χ0n) is 12.3. The lowest BCUT2D eigenvalue weighted by Crippen LogP contribution is -1.94. The molecule has 0 aliphatic carbocycles. The normalized spacial score (nSPS) is 10.5. The minimum absolute atomic E-state index is 0.499. The highest BCUT2D eigenvalue weighted by Gasteiger charge is 2.04. The molecule has 0 saturated heterocycles. The number of ether oxygens (including phenoxy) is 2. The molecule has 0 unspecified atom stereocenters. The van der Waals surface area contributed by atoms with E-state index in [4.69, 9.17) is 13.9 Å². The Balaban J connectivity index is 1.45. The van der Waals surface area contributed by atoms with Crippen molar-refractivity contribution in [1.82, 2.24) is 0 Å². The molecule has 0 aliphatic rings. The second kappa shape index (κ2) is 7.48.